The average Bonchev–Trinajstić information content (AvgIpc) is 2.90. The summed E-state index contributed by atoms with van der Waals surface area (Å²) in [6.45, 7) is 0. The minimum atomic E-state index is -1.26. The molecule has 6 nitrogen and oxygen atoms in total. The average molecular weight is 318 g/mol. The third kappa shape index (κ3) is 2.72. The van der Waals surface area contributed by atoms with Gasteiger partial charge < -0.3 is 14.3 Å². The highest BCUT2D eigenvalue weighted by molar-refractivity contribution is 6.34. The van der Waals surface area contributed by atoms with E-state index in [4.69, 9.17) is 32.4 Å². The quantitative estimate of drug-likeness (QED) is 0.688. The molecule has 0 spiro atoms. The molecule has 2 aromatic rings. The molecule has 0 radical (unpaired) electrons. The molecule has 1 aromatic carbocycles. The minimum absolute atomic E-state index is 0.000154. The van der Waals surface area contributed by atoms with E-state index in [9.17, 15) is 15.2 Å². The van der Waals surface area contributed by atoms with Gasteiger partial charge >= 0.3 is 5.88 Å². The maximum atomic E-state index is 10.5. The molecule has 20 heavy (non-hydrogen) atoms. The molecule has 1 aromatic heterocycles. The first kappa shape index (κ1) is 14.6. The Morgan fingerprint density at radius 3 is 2.60 bits per heavy atom. The molecule has 0 amide bonds. The van der Waals surface area contributed by atoms with Crippen molar-refractivity contribution in [3.05, 3.63) is 55.7 Å². The van der Waals surface area contributed by atoms with Crippen LogP contribution in [0.1, 0.15) is 17.4 Å². The summed E-state index contributed by atoms with van der Waals surface area (Å²) < 4.78 is 9.92. The third-order valence-electron chi connectivity index (χ3n) is 2.63. The van der Waals surface area contributed by atoms with Gasteiger partial charge in [0.1, 0.15) is 22.5 Å². The summed E-state index contributed by atoms with van der Waals surface area (Å²) in [6, 6.07) is 5.32. The van der Waals surface area contributed by atoms with Crippen molar-refractivity contribution in [1.82, 2.24) is 0 Å². The smallest absolute Gasteiger partial charge is 0.433 e. The lowest BCUT2D eigenvalue weighted by Crippen LogP contribution is -2.00. The summed E-state index contributed by atoms with van der Waals surface area (Å²) in [6.07, 6.45) is -1.26. The predicted molar refractivity (Wildman–Crippen MR) is 72.4 cm³/mol. The van der Waals surface area contributed by atoms with Crippen LogP contribution in [0.15, 0.2) is 28.7 Å². The Hall–Kier alpha value is -1.76. The molecule has 2 rings (SSSR count). The Balaban J connectivity index is 2.39. The zero-order chi connectivity index (χ0) is 14.9. The van der Waals surface area contributed by atoms with E-state index in [1.165, 1.54) is 25.3 Å². The normalized spacial score (nSPS) is 12.2. The van der Waals surface area contributed by atoms with Crippen LogP contribution in [0.2, 0.25) is 10.0 Å². The number of hydrogen-bond donors (Lipinski definition) is 1. The molecule has 0 saturated heterocycles. The van der Waals surface area contributed by atoms with Crippen LogP contribution >= 0.6 is 23.2 Å². The molecular weight excluding hydrogens is 309 g/mol. The number of benzene rings is 1. The van der Waals surface area contributed by atoms with Gasteiger partial charge in [-0.05, 0) is 12.1 Å². The molecule has 0 saturated carbocycles. The number of hydrogen-bond acceptors (Lipinski definition) is 5. The van der Waals surface area contributed by atoms with Crippen molar-refractivity contribution in [2.24, 2.45) is 0 Å². The summed E-state index contributed by atoms with van der Waals surface area (Å²) in [5.74, 6) is -0.104. The van der Waals surface area contributed by atoms with Gasteiger partial charge in [-0.1, -0.05) is 23.2 Å². The number of furan rings is 1. The van der Waals surface area contributed by atoms with Crippen LogP contribution in [-0.4, -0.2) is 17.1 Å². The van der Waals surface area contributed by atoms with E-state index < -0.39 is 16.9 Å². The molecule has 8 heteroatoms. The van der Waals surface area contributed by atoms with Crippen LogP contribution in [0.3, 0.4) is 0 Å². The zero-order valence-electron chi connectivity index (χ0n) is 10.2. The van der Waals surface area contributed by atoms with E-state index in [1.807, 2.05) is 0 Å². The molecule has 0 bridgehead atoms. The Kier molecular flexibility index (Phi) is 4.17. The van der Waals surface area contributed by atoms with Crippen molar-refractivity contribution in [2.45, 2.75) is 6.10 Å². The Morgan fingerprint density at radius 1 is 1.35 bits per heavy atom. The zero-order valence-corrected chi connectivity index (χ0v) is 11.7. The van der Waals surface area contributed by atoms with Crippen LogP contribution in [-0.2, 0) is 0 Å². The van der Waals surface area contributed by atoms with Crippen molar-refractivity contribution in [2.75, 3.05) is 7.11 Å². The standard InChI is InChI=1S/C12H9Cl2NO5/c1-19-10-5-7(13)6(4-8(10)14)12(16)9-2-3-11(20-9)15(17)18/h2-5,12,16H,1H3. The highest BCUT2D eigenvalue weighted by Gasteiger charge is 2.22. The summed E-state index contributed by atoms with van der Waals surface area (Å²) >= 11 is 12.0. The van der Waals surface area contributed by atoms with Gasteiger partial charge in [-0.15, -0.1) is 0 Å². The molecule has 0 aliphatic rings. The van der Waals surface area contributed by atoms with E-state index in [2.05, 4.69) is 0 Å². The Bertz CT molecular complexity index is 655. The summed E-state index contributed by atoms with van der Waals surface area (Å²) in [4.78, 5) is 9.85. The summed E-state index contributed by atoms with van der Waals surface area (Å²) in [5.41, 5.74) is 0.265. The highest BCUT2D eigenvalue weighted by atomic mass is 35.5. The SMILES string of the molecule is COc1cc(Cl)c(C(O)c2ccc([N+](=O)[O-])o2)cc1Cl. The molecule has 1 heterocycles. The minimum Gasteiger partial charge on any atom is -0.495 e. The number of nitrogens with zero attached hydrogens (tertiary/aromatic N) is 1. The number of rotatable bonds is 4. The first-order valence-corrected chi connectivity index (χ1v) is 6.14. The van der Waals surface area contributed by atoms with Crippen LogP contribution in [0.4, 0.5) is 5.88 Å². The van der Waals surface area contributed by atoms with Crippen LogP contribution in [0.25, 0.3) is 0 Å². The van der Waals surface area contributed by atoms with Crippen LogP contribution in [0.5, 0.6) is 5.75 Å². The maximum Gasteiger partial charge on any atom is 0.433 e. The van der Waals surface area contributed by atoms with Crippen molar-refractivity contribution in [1.29, 1.82) is 0 Å². The first-order chi connectivity index (χ1) is 9.43. The number of nitro groups is 1. The van der Waals surface area contributed by atoms with Crippen molar-refractivity contribution < 1.29 is 19.2 Å². The highest BCUT2D eigenvalue weighted by Crippen LogP contribution is 2.37. The second-order valence-electron chi connectivity index (χ2n) is 3.84. The van der Waals surface area contributed by atoms with E-state index >= 15 is 0 Å². The van der Waals surface area contributed by atoms with E-state index in [1.54, 1.807) is 0 Å². The number of aliphatic hydroxyl groups is 1. The van der Waals surface area contributed by atoms with E-state index in [0.717, 1.165) is 6.07 Å². The second-order valence-corrected chi connectivity index (χ2v) is 4.66. The van der Waals surface area contributed by atoms with Gasteiger partial charge in [0.15, 0.2) is 0 Å². The van der Waals surface area contributed by atoms with Crippen LogP contribution < -0.4 is 4.74 Å². The fourth-order valence-electron chi connectivity index (χ4n) is 1.65. The van der Waals surface area contributed by atoms with Gasteiger partial charge in [-0.2, -0.15) is 0 Å². The number of aliphatic hydroxyl groups excluding tert-OH is 1. The lowest BCUT2D eigenvalue weighted by molar-refractivity contribution is -0.402. The molecular formula is C12H9Cl2NO5. The van der Waals surface area contributed by atoms with Gasteiger partial charge in [0, 0.05) is 11.6 Å². The van der Waals surface area contributed by atoms with Gasteiger partial charge in [0.25, 0.3) is 0 Å². The lowest BCUT2D eigenvalue weighted by Gasteiger charge is -2.12. The van der Waals surface area contributed by atoms with Crippen molar-refractivity contribution in [3.63, 3.8) is 0 Å². The summed E-state index contributed by atoms with van der Waals surface area (Å²) in [5, 5.41) is 21.2. The monoisotopic (exact) mass is 317 g/mol. The van der Waals surface area contributed by atoms with Gasteiger partial charge in [0.05, 0.1) is 23.2 Å². The number of ether oxygens (including phenoxy) is 1. The number of methoxy groups -OCH3 is 1. The molecule has 1 N–H and O–H groups in total. The molecule has 1 atom stereocenters. The van der Waals surface area contributed by atoms with E-state index in [-0.39, 0.29) is 21.4 Å². The Morgan fingerprint density at radius 2 is 2.05 bits per heavy atom. The summed E-state index contributed by atoms with van der Waals surface area (Å²) in [7, 11) is 1.43. The molecule has 0 fully saturated rings. The third-order valence-corrected chi connectivity index (χ3v) is 3.25. The van der Waals surface area contributed by atoms with Gasteiger partial charge in [0.2, 0.25) is 0 Å². The topological polar surface area (TPSA) is 85.7 Å². The van der Waals surface area contributed by atoms with E-state index in [0.29, 0.717) is 5.75 Å². The van der Waals surface area contributed by atoms with Crippen LogP contribution in [0, 0.1) is 10.1 Å². The molecule has 0 aliphatic heterocycles. The fourth-order valence-corrected chi connectivity index (χ4v) is 2.16. The molecule has 1 unspecified atom stereocenters. The largest absolute Gasteiger partial charge is 0.495 e. The second kappa shape index (κ2) is 5.70. The molecule has 0 aliphatic carbocycles. The Labute approximate surface area is 123 Å². The van der Waals surface area contributed by atoms with Crippen molar-refractivity contribution >= 4 is 29.1 Å². The first-order valence-electron chi connectivity index (χ1n) is 5.39. The predicted octanol–water partition coefficient (Wildman–Crippen LogP) is 3.58. The number of halogens is 2. The van der Waals surface area contributed by atoms with Gasteiger partial charge in [-0.25, -0.2) is 0 Å². The van der Waals surface area contributed by atoms with Gasteiger partial charge in [-0.3, -0.25) is 10.1 Å². The lowest BCUT2D eigenvalue weighted by atomic mass is 10.1. The maximum absolute atomic E-state index is 10.5. The fraction of sp³-hybridized carbons (Fsp3) is 0.167. The molecule has 106 valence electrons. The van der Waals surface area contributed by atoms with Crippen molar-refractivity contribution in [3.8, 4) is 5.75 Å².